The Bertz CT molecular complexity index is 744. The molecule has 2 rings (SSSR count). The minimum absolute atomic E-state index is 0.103. The molecule has 0 saturated heterocycles. The lowest BCUT2D eigenvalue weighted by atomic mass is 10.1. The number of nitrogens with zero attached hydrogens (tertiary/aromatic N) is 1. The highest BCUT2D eigenvalue weighted by molar-refractivity contribution is 6.20. The first-order valence-electron chi connectivity index (χ1n) is 6.17. The fourth-order valence-corrected chi connectivity index (χ4v) is 1.59. The average molecular weight is 327 g/mol. The van der Waals surface area contributed by atoms with Gasteiger partial charge in [0.15, 0.2) is 11.5 Å². The van der Waals surface area contributed by atoms with Crippen LogP contribution in [-0.4, -0.2) is 23.3 Å². The molecule has 0 amide bonds. The molecule has 0 atom stereocenters. The van der Waals surface area contributed by atoms with Crippen molar-refractivity contribution in [3.63, 3.8) is 0 Å². The van der Waals surface area contributed by atoms with Gasteiger partial charge in [0.1, 0.15) is 5.82 Å². The van der Waals surface area contributed by atoms with Crippen molar-refractivity contribution in [2.24, 2.45) is 4.99 Å². The number of aliphatic hydroxyl groups is 1. The Labute approximate surface area is 127 Å². The summed E-state index contributed by atoms with van der Waals surface area (Å²) in [5.41, 5.74) is -0.983. The minimum Gasteiger partial charge on any atom is -0.504 e. The standard InChI is InChI=1S/C15H9F4NO3/c16-9-3-5-10(6-4-9)20-8-11(14(22)15(17,18)19)13(21)12-2-1-7-23-12/h1-8,21H/b13-11+,20-8?. The lowest BCUT2D eigenvalue weighted by Gasteiger charge is -2.07. The summed E-state index contributed by atoms with van der Waals surface area (Å²) in [5, 5.41) is 9.84. The Balaban J connectivity index is 2.44. The fraction of sp³-hybridized carbons (Fsp3) is 0.0667. The number of rotatable bonds is 4. The van der Waals surface area contributed by atoms with Crippen molar-refractivity contribution >= 4 is 23.4 Å². The molecule has 0 radical (unpaired) electrons. The lowest BCUT2D eigenvalue weighted by molar-refractivity contribution is -0.165. The van der Waals surface area contributed by atoms with Gasteiger partial charge in [-0.2, -0.15) is 13.2 Å². The molecule has 0 aliphatic rings. The van der Waals surface area contributed by atoms with Crippen molar-refractivity contribution in [1.82, 2.24) is 0 Å². The second-order valence-electron chi connectivity index (χ2n) is 4.30. The predicted molar refractivity (Wildman–Crippen MR) is 73.9 cm³/mol. The maximum atomic E-state index is 12.8. The number of hydrogen-bond donors (Lipinski definition) is 1. The number of benzene rings is 1. The number of aliphatic hydroxyl groups excluding tert-OH is 1. The predicted octanol–water partition coefficient (Wildman–Crippen LogP) is 4.22. The summed E-state index contributed by atoms with van der Waals surface area (Å²) in [6, 6.07) is 7.02. The van der Waals surface area contributed by atoms with Gasteiger partial charge in [-0.15, -0.1) is 0 Å². The Hall–Kier alpha value is -2.90. The number of alkyl halides is 3. The normalized spacial score (nSPS) is 13.2. The molecule has 2 aromatic rings. The van der Waals surface area contributed by atoms with Gasteiger partial charge in [0.2, 0.25) is 0 Å². The average Bonchev–Trinajstić information content (AvgIpc) is 3.02. The molecular formula is C15H9F4NO3. The Morgan fingerprint density at radius 1 is 1.17 bits per heavy atom. The molecule has 0 aliphatic carbocycles. The van der Waals surface area contributed by atoms with Crippen LogP contribution >= 0.6 is 0 Å². The van der Waals surface area contributed by atoms with Crippen LogP contribution in [0.25, 0.3) is 5.76 Å². The number of Topliss-reactive ketones (excluding diaryl/α,β-unsaturated/α-hetero) is 1. The van der Waals surface area contributed by atoms with Crippen molar-refractivity contribution in [1.29, 1.82) is 0 Å². The quantitative estimate of drug-likeness (QED) is 0.396. The van der Waals surface area contributed by atoms with Crippen LogP contribution in [0.4, 0.5) is 23.2 Å². The Kier molecular flexibility index (Phi) is 4.63. The van der Waals surface area contributed by atoms with Crippen molar-refractivity contribution in [3.8, 4) is 0 Å². The van der Waals surface area contributed by atoms with Crippen molar-refractivity contribution in [2.45, 2.75) is 6.18 Å². The molecule has 1 aromatic carbocycles. The highest BCUT2D eigenvalue weighted by Gasteiger charge is 2.42. The van der Waals surface area contributed by atoms with Gasteiger partial charge in [0.25, 0.3) is 5.78 Å². The van der Waals surface area contributed by atoms with E-state index in [4.69, 9.17) is 4.42 Å². The van der Waals surface area contributed by atoms with E-state index in [0.29, 0.717) is 6.21 Å². The molecule has 0 fully saturated rings. The number of ketones is 1. The third-order valence-electron chi connectivity index (χ3n) is 2.68. The van der Waals surface area contributed by atoms with Crippen molar-refractivity contribution in [2.75, 3.05) is 0 Å². The van der Waals surface area contributed by atoms with Gasteiger partial charge in [-0.3, -0.25) is 9.79 Å². The molecular weight excluding hydrogens is 318 g/mol. The molecule has 0 bridgehead atoms. The monoisotopic (exact) mass is 327 g/mol. The summed E-state index contributed by atoms with van der Waals surface area (Å²) in [6.07, 6.45) is -3.52. The van der Waals surface area contributed by atoms with Crippen LogP contribution in [0.5, 0.6) is 0 Å². The Morgan fingerprint density at radius 3 is 2.35 bits per heavy atom. The third kappa shape index (κ3) is 4.06. The highest BCUT2D eigenvalue weighted by Crippen LogP contribution is 2.25. The van der Waals surface area contributed by atoms with E-state index in [1.807, 2.05) is 0 Å². The molecule has 1 aromatic heterocycles. The highest BCUT2D eigenvalue weighted by atomic mass is 19.4. The van der Waals surface area contributed by atoms with E-state index in [1.165, 1.54) is 24.3 Å². The van der Waals surface area contributed by atoms with Crippen molar-refractivity contribution < 1.29 is 31.9 Å². The summed E-state index contributed by atoms with van der Waals surface area (Å²) in [7, 11) is 0. The van der Waals surface area contributed by atoms with Gasteiger partial charge < -0.3 is 9.52 Å². The molecule has 0 saturated carbocycles. The molecule has 1 heterocycles. The number of aliphatic imine (C=N–C) groups is 1. The summed E-state index contributed by atoms with van der Waals surface area (Å²) >= 11 is 0. The van der Waals surface area contributed by atoms with E-state index < -0.39 is 29.1 Å². The summed E-state index contributed by atoms with van der Waals surface area (Å²) in [5.74, 6) is -4.15. The van der Waals surface area contributed by atoms with E-state index in [2.05, 4.69) is 4.99 Å². The van der Waals surface area contributed by atoms with Gasteiger partial charge in [-0.05, 0) is 36.4 Å². The first-order chi connectivity index (χ1) is 10.8. The zero-order valence-electron chi connectivity index (χ0n) is 11.3. The number of carbonyl (C=O) groups excluding carboxylic acids is 1. The van der Waals surface area contributed by atoms with Gasteiger partial charge in [-0.25, -0.2) is 4.39 Å². The SMILES string of the molecule is O=C(/C(C=Nc1ccc(F)cc1)=C(/O)c1ccco1)C(F)(F)F. The van der Waals surface area contributed by atoms with Crippen LogP contribution in [0.2, 0.25) is 0 Å². The van der Waals surface area contributed by atoms with Gasteiger partial charge in [0.05, 0.1) is 17.5 Å². The van der Waals surface area contributed by atoms with E-state index in [0.717, 1.165) is 18.4 Å². The molecule has 1 N–H and O–H groups in total. The maximum Gasteiger partial charge on any atom is 0.455 e. The van der Waals surface area contributed by atoms with Crippen LogP contribution in [0.15, 0.2) is 57.6 Å². The van der Waals surface area contributed by atoms with E-state index in [9.17, 15) is 27.5 Å². The number of furan rings is 1. The zero-order valence-corrected chi connectivity index (χ0v) is 11.3. The smallest absolute Gasteiger partial charge is 0.455 e. The third-order valence-corrected chi connectivity index (χ3v) is 2.68. The fourth-order valence-electron chi connectivity index (χ4n) is 1.59. The maximum absolute atomic E-state index is 12.8. The van der Waals surface area contributed by atoms with Gasteiger partial charge in [-0.1, -0.05) is 0 Å². The molecule has 0 spiro atoms. The minimum atomic E-state index is -5.20. The summed E-state index contributed by atoms with van der Waals surface area (Å²) in [4.78, 5) is 15.1. The van der Waals surface area contributed by atoms with Gasteiger partial charge in [0, 0.05) is 6.21 Å². The second kappa shape index (κ2) is 6.47. The zero-order chi connectivity index (χ0) is 17.0. The number of carbonyl (C=O) groups is 1. The number of halogens is 4. The van der Waals surface area contributed by atoms with Crippen LogP contribution < -0.4 is 0 Å². The van der Waals surface area contributed by atoms with Crippen LogP contribution in [0, 0.1) is 5.82 Å². The van der Waals surface area contributed by atoms with E-state index in [-0.39, 0.29) is 11.4 Å². The summed E-state index contributed by atoms with van der Waals surface area (Å²) < 4.78 is 55.5. The lowest BCUT2D eigenvalue weighted by Crippen LogP contribution is -2.26. The topological polar surface area (TPSA) is 62.8 Å². The number of allylic oxidation sites excluding steroid dienone is 1. The van der Waals surface area contributed by atoms with Crippen molar-refractivity contribution in [3.05, 3.63) is 59.8 Å². The van der Waals surface area contributed by atoms with Crippen LogP contribution in [0.3, 0.4) is 0 Å². The molecule has 0 unspecified atom stereocenters. The largest absolute Gasteiger partial charge is 0.504 e. The van der Waals surface area contributed by atoms with Crippen LogP contribution in [-0.2, 0) is 4.79 Å². The molecule has 0 aliphatic heterocycles. The number of hydrogen-bond acceptors (Lipinski definition) is 4. The summed E-state index contributed by atoms with van der Waals surface area (Å²) in [6.45, 7) is 0. The molecule has 8 heteroatoms. The first kappa shape index (κ1) is 16.5. The van der Waals surface area contributed by atoms with E-state index in [1.54, 1.807) is 0 Å². The molecule has 4 nitrogen and oxygen atoms in total. The van der Waals surface area contributed by atoms with Crippen LogP contribution in [0.1, 0.15) is 5.76 Å². The molecule has 120 valence electrons. The second-order valence-corrected chi connectivity index (χ2v) is 4.30. The van der Waals surface area contributed by atoms with E-state index >= 15 is 0 Å². The molecule has 23 heavy (non-hydrogen) atoms. The Morgan fingerprint density at radius 2 is 1.83 bits per heavy atom. The first-order valence-corrected chi connectivity index (χ1v) is 6.17. The van der Waals surface area contributed by atoms with Gasteiger partial charge >= 0.3 is 6.18 Å².